The highest BCUT2D eigenvalue weighted by molar-refractivity contribution is 5.98. The van der Waals surface area contributed by atoms with Crippen LogP contribution in [0.2, 0.25) is 0 Å². The van der Waals surface area contributed by atoms with Crippen LogP contribution in [0.5, 0.6) is 0 Å². The number of anilines is 2. The van der Waals surface area contributed by atoms with Gasteiger partial charge >= 0.3 is 6.03 Å². The molecule has 134 valence electrons. The summed E-state index contributed by atoms with van der Waals surface area (Å²) in [7, 11) is 0. The van der Waals surface area contributed by atoms with Gasteiger partial charge in [0.25, 0.3) is 0 Å². The summed E-state index contributed by atoms with van der Waals surface area (Å²) in [5.41, 5.74) is 3.04. The minimum Gasteiger partial charge on any atom is -0.324 e. The first-order valence-corrected chi connectivity index (χ1v) is 9.22. The summed E-state index contributed by atoms with van der Waals surface area (Å²) in [6.45, 7) is 1.92. The van der Waals surface area contributed by atoms with Crippen molar-refractivity contribution in [3.63, 3.8) is 0 Å². The second kappa shape index (κ2) is 7.20. The molecule has 0 saturated carbocycles. The smallest absolute Gasteiger partial charge is 0.321 e. The molecule has 0 radical (unpaired) electrons. The van der Waals surface area contributed by atoms with Crippen LogP contribution in [0.3, 0.4) is 0 Å². The molecule has 26 heavy (non-hydrogen) atoms. The van der Waals surface area contributed by atoms with Crippen molar-refractivity contribution in [2.45, 2.75) is 19.3 Å². The molecule has 0 spiro atoms. The maximum absolute atomic E-state index is 13.1. The Morgan fingerprint density at radius 1 is 0.962 bits per heavy atom. The van der Waals surface area contributed by atoms with Gasteiger partial charge in [0.1, 0.15) is 0 Å². The van der Waals surface area contributed by atoms with Crippen molar-refractivity contribution >= 4 is 23.3 Å². The van der Waals surface area contributed by atoms with E-state index in [2.05, 4.69) is 11.4 Å². The Morgan fingerprint density at radius 2 is 1.73 bits per heavy atom. The topological polar surface area (TPSA) is 52.7 Å². The fourth-order valence-corrected chi connectivity index (χ4v) is 3.87. The molecule has 3 amide bonds. The van der Waals surface area contributed by atoms with E-state index in [9.17, 15) is 9.59 Å². The molecule has 0 aliphatic carbocycles. The molecule has 5 heteroatoms. The van der Waals surface area contributed by atoms with Crippen molar-refractivity contribution < 1.29 is 9.59 Å². The molecule has 1 saturated heterocycles. The second-order valence-corrected chi connectivity index (χ2v) is 6.95. The lowest BCUT2D eigenvalue weighted by Gasteiger charge is -2.34. The normalized spacial score (nSPS) is 19.2. The van der Waals surface area contributed by atoms with E-state index in [1.807, 2.05) is 53.4 Å². The van der Waals surface area contributed by atoms with Crippen molar-refractivity contribution in [1.29, 1.82) is 0 Å². The van der Waals surface area contributed by atoms with Crippen LogP contribution in [0, 0.1) is 5.92 Å². The van der Waals surface area contributed by atoms with Crippen LogP contribution in [0.25, 0.3) is 0 Å². The van der Waals surface area contributed by atoms with E-state index in [4.69, 9.17) is 0 Å². The highest BCUT2D eigenvalue weighted by Crippen LogP contribution is 2.30. The van der Waals surface area contributed by atoms with Crippen LogP contribution in [-0.4, -0.2) is 36.5 Å². The molecule has 2 aromatic carbocycles. The molecule has 1 atom stereocenters. The molecule has 2 aromatic rings. The molecule has 2 heterocycles. The molecule has 1 N–H and O–H groups in total. The SMILES string of the molecule is O=C(Nc1ccccc1)N1CCC[C@H](C(=O)N2CCc3ccccc32)C1. The van der Waals surface area contributed by atoms with Crippen molar-refractivity contribution in [3.05, 3.63) is 60.2 Å². The van der Waals surface area contributed by atoms with Gasteiger partial charge < -0.3 is 15.1 Å². The number of rotatable bonds is 2. The average molecular weight is 349 g/mol. The fraction of sp³-hybridized carbons (Fsp3) is 0.333. The molecular formula is C21H23N3O2. The van der Waals surface area contributed by atoms with Crippen LogP contribution in [0.1, 0.15) is 18.4 Å². The van der Waals surface area contributed by atoms with Crippen LogP contribution < -0.4 is 10.2 Å². The average Bonchev–Trinajstić information content (AvgIpc) is 3.12. The molecule has 5 nitrogen and oxygen atoms in total. The quantitative estimate of drug-likeness (QED) is 0.902. The van der Waals surface area contributed by atoms with Crippen LogP contribution in [0.4, 0.5) is 16.2 Å². The second-order valence-electron chi connectivity index (χ2n) is 6.95. The van der Waals surface area contributed by atoms with E-state index in [0.717, 1.165) is 37.2 Å². The summed E-state index contributed by atoms with van der Waals surface area (Å²) in [6.07, 6.45) is 2.60. The van der Waals surface area contributed by atoms with Gasteiger partial charge in [-0.05, 0) is 43.0 Å². The predicted octanol–water partition coefficient (Wildman–Crippen LogP) is 3.52. The molecular weight excluding hydrogens is 326 g/mol. The summed E-state index contributed by atoms with van der Waals surface area (Å²) in [5, 5.41) is 2.92. The van der Waals surface area contributed by atoms with E-state index in [0.29, 0.717) is 13.1 Å². The zero-order chi connectivity index (χ0) is 17.9. The Morgan fingerprint density at radius 3 is 2.58 bits per heavy atom. The van der Waals surface area contributed by atoms with Gasteiger partial charge in [-0.2, -0.15) is 0 Å². The lowest BCUT2D eigenvalue weighted by atomic mass is 9.96. The van der Waals surface area contributed by atoms with Crippen molar-refractivity contribution in [3.8, 4) is 0 Å². The Balaban J connectivity index is 1.42. The Kier molecular flexibility index (Phi) is 4.61. The summed E-state index contributed by atoms with van der Waals surface area (Å²) in [5.74, 6) is 0.0172. The van der Waals surface area contributed by atoms with Gasteiger partial charge in [0.05, 0.1) is 5.92 Å². The molecule has 0 aromatic heterocycles. The number of carbonyl (C=O) groups excluding carboxylic acids is 2. The third kappa shape index (κ3) is 3.29. The number of nitrogens with zero attached hydrogens (tertiary/aromatic N) is 2. The number of urea groups is 1. The number of para-hydroxylation sites is 2. The van der Waals surface area contributed by atoms with Gasteiger partial charge in [0.2, 0.25) is 5.91 Å². The van der Waals surface area contributed by atoms with Gasteiger partial charge in [-0.3, -0.25) is 4.79 Å². The Bertz CT molecular complexity index is 806. The molecule has 1 fully saturated rings. The molecule has 4 rings (SSSR count). The highest BCUT2D eigenvalue weighted by atomic mass is 16.2. The molecule has 2 aliphatic heterocycles. The number of likely N-dealkylation sites (tertiary alicyclic amines) is 1. The van der Waals surface area contributed by atoms with Crippen molar-refractivity contribution in [1.82, 2.24) is 4.90 Å². The Hall–Kier alpha value is -2.82. The van der Waals surface area contributed by atoms with E-state index in [1.165, 1.54) is 5.56 Å². The van der Waals surface area contributed by atoms with Gasteiger partial charge in [0, 0.05) is 31.0 Å². The zero-order valence-electron chi connectivity index (χ0n) is 14.7. The van der Waals surface area contributed by atoms with Gasteiger partial charge in [-0.25, -0.2) is 4.79 Å². The number of amides is 3. The number of fused-ring (bicyclic) bond motifs is 1. The predicted molar refractivity (Wildman–Crippen MR) is 102 cm³/mol. The van der Waals surface area contributed by atoms with Gasteiger partial charge in [-0.1, -0.05) is 36.4 Å². The van der Waals surface area contributed by atoms with Crippen LogP contribution in [0.15, 0.2) is 54.6 Å². The summed E-state index contributed by atoms with van der Waals surface area (Å²) >= 11 is 0. The van der Waals surface area contributed by atoms with E-state index in [-0.39, 0.29) is 17.9 Å². The zero-order valence-corrected chi connectivity index (χ0v) is 14.7. The minimum absolute atomic E-state index is 0.128. The first-order valence-electron chi connectivity index (χ1n) is 9.22. The first-order chi connectivity index (χ1) is 12.7. The molecule has 0 bridgehead atoms. The first kappa shape index (κ1) is 16.6. The largest absolute Gasteiger partial charge is 0.324 e. The number of nitrogens with one attached hydrogen (secondary N) is 1. The number of hydrogen-bond acceptors (Lipinski definition) is 2. The maximum atomic E-state index is 13.1. The molecule has 2 aliphatic rings. The number of piperidine rings is 1. The number of benzene rings is 2. The lowest BCUT2D eigenvalue weighted by Crippen LogP contribution is -2.47. The van der Waals surface area contributed by atoms with Crippen LogP contribution >= 0.6 is 0 Å². The Labute approximate surface area is 153 Å². The van der Waals surface area contributed by atoms with Crippen LogP contribution in [-0.2, 0) is 11.2 Å². The van der Waals surface area contributed by atoms with E-state index < -0.39 is 0 Å². The maximum Gasteiger partial charge on any atom is 0.321 e. The monoisotopic (exact) mass is 349 g/mol. The van der Waals surface area contributed by atoms with Gasteiger partial charge in [0.15, 0.2) is 0 Å². The highest BCUT2D eigenvalue weighted by Gasteiger charge is 2.34. The number of hydrogen-bond donors (Lipinski definition) is 1. The fourth-order valence-electron chi connectivity index (χ4n) is 3.87. The number of carbonyl (C=O) groups is 2. The lowest BCUT2D eigenvalue weighted by molar-refractivity contribution is -0.123. The van der Waals surface area contributed by atoms with Gasteiger partial charge in [-0.15, -0.1) is 0 Å². The van der Waals surface area contributed by atoms with Crippen molar-refractivity contribution in [2.75, 3.05) is 29.9 Å². The van der Waals surface area contributed by atoms with E-state index in [1.54, 1.807) is 4.90 Å². The third-order valence-electron chi connectivity index (χ3n) is 5.24. The standard InChI is InChI=1S/C21H23N3O2/c25-20(24-14-12-16-7-4-5-11-19(16)24)17-8-6-13-23(15-17)21(26)22-18-9-2-1-3-10-18/h1-5,7,9-11,17H,6,8,12-15H2,(H,22,26)/t17-/m0/s1. The summed E-state index contributed by atoms with van der Waals surface area (Å²) in [6, 6.07) is 17.4. The summed E-state index contributed by atoms with van der Waals surface area (Å²) in [4.78, 5) is 29.3. The third-order valence-corrected chi connectivity index (χ3v) is 5.24. The molecule has 0 unspecified atom stereocenters. The van der Waals surface area contributed by atoms with E-state index >= 15 is 0 Å². The summed E-state index contributed by atoms with van der Waals surface area (Å²) < 4.78 is 0. The minimum atomic E-state index is -0.129. The van der Waals surface area contributed by atoms with Crippen molar-refractivity contribution in [2.24, 2.45) is 5.92 Å².